The zero-order valence-corrected chi connectivity index (χ0v) is 12.6. The van der Waals surface area contributed by atoms with Crippen molar-refractivity contribution in [2.75, 3.05) is 6.54 Å². The second kappa shape index (κ2) is 8.28. The number of aromatic nitrogens is 1. The molecule has 0 aromatic carbocycles. The van der Waals surface area contributed by atoms with Crippen LogP contribution in [-0.4, -0.2) is 22.7 Å². The summed E-state index contributed by atoms with van der Waals surface area (Å²) in [6, 6.07) is 4.30. The lowest BCUT2D eigenvalue weighted by Gasteiger charge is -2.27. The van der Waals surface area contributed by atoms with Gasteiger partial charge in [-0.1, -0.05) is 46.6 Å². The molecule has 0 saturated carbocycles. The molecule has 0 saturated heterocycles. The zero-order valence-electron chi connectivity index (χ0n) is 12.6. The molecule has 0 radical (unpaired) electrons. The van der Waals surface area contributed by atoms with Crippen molar-refractivity contribution in [3.8, 4) is 0 Å². The first-order valence-electron chi connectivity index (χ1n) is 7.41. The summed E-state index contributed by atoms with van der Waals surface area (Å²) in [6.07, 6.45) is 5.48. The Kier molecular flexibility index (Phi) is 7.03. The molecule has 1 aromatic rings. The van der Waals surface area contributed by atoms with E-state index in [2.05, 4.69) is 44.1 Å². The van der Waals surface area contributed by atoms with E-state index in [0.717, 1.165) is 12.8 Å². The fourth-order valence-corrected chi connectivity index (χ4v) is 2.55. The third kappa shape index (κ3) is 4.92. The Bertz CT molecular complexity index is 336. The molecular weight excluding hydrogens is 236 g/mol. The van der Waals surface area contributed by atoms with Gasteiger partial charge in [0.15, 0.2) is 0 Å². The van der Waals surface area contributed by atoms with Gasteiger partial charge in [-0.25, -0.2) is 0 Å². The molecule has 0 aliphatic heterocycles. The third-order valence-corrected chi connectivity index (χ3v) is 3.85. The van der Waals surface area contributed by atoms with Gasteiger partial charge in [0.2, 0.25) is 0 Å². The van der Waals surface area contributed by atoms with Gasteiger partial charge in [0, 0.05) is 25.0 Å². The third-order valence-electron chi connectivity index (χ3n) is 3.85. The standard InChI is InChI=1S/C16H28N2O/c1-5-13(6-2)15(19)11-18-16(12(3)4)14-8-7-9-17-10-14/h7-10,12-13,15-16,18-19H,5-6,11H2,1-4H3. The van der Waals surface area contributed by atoms with E-state index in [1.54, 1.807) is 6.20 Å². The van der Waals surface area contributed by atoms with Gasteiger partial charge in [-0.2, -0.15) is 0 Å². The molecule has 0 fully saturated rings. The summed E-state index contributed by atoms with van der Waals surface area (Å²) in [5.41, 5.74) is 1.19. The van der Waals surface area contributed by atoms with E-state index in [4.69, 9.17) is 0 Å². The molecule has 19 heavy (non-hydrogen) atoms. The first-order valence-corrected chi connectivity index (χ1v) is 7.41. The minimum Gasteiger partial charge on any atom is -0.392 e. The first-order chi connectivity index (χ1) is 9.10. The minimum absolute atomic E-state index is 0.248. The minimum atomic E-state index is -0.270. The van der Waals surface area contributed by atoms with Crippen LogP contribution in [0.15, 0.2) is 24.5 Å². The van der Waals surface area contributed by atoms with Gasteiger partial charge in [0.25, 0.3) is 0 Å². The summed E-state index contributed by atoms with van der Waals surface area (Å²) in [4.78, 5) is 4.18. The van der Waals surface area contributed by atoms with E-state index in [0.29, 0.717) is 18.4 Å². The highest BCUT2D eigenvalue weighted by molar-refractivity contribution is 5.14. The summed E-state index contributed by atoms with van der Waals surface area (Å²) in [5.74, 6) is 0.854. The molecule has 3 nitrogen and oxygen atoms in total. The zero-order chi connectivity index (χ0) is 14.3. The van der Waals surface area contributed by atoms with Crippen LogP contribution < -0.4 is 5.32 Å². The van der Waals surface area contributed by atoms with Crippen LogP contribution in [0.1, 0.15) is 52.1 Å². The summed E-state index contributed by atoms with van der Waals surface area (Å²) in [7, 11) is 0. The van der Waals surface area contributed by atoms with E-state index in [1.165, 1.54) is 5.56 Å². The molecule has 0 bridgehead atoms. The van der Waals surface area contributed by atoms with Crippen molar-refractivity contribution in [3.63, 3.8) is 0 Å². The molecule has 3 heteroatoms. The van der Waals surface area contributed by atoms with Crippen molar-refractivity contribution in [1.29, 1.82) is 0 Å². The summed E-state index contributed by atoms with van der Waals surface area (Å²) >= 11 is 0. The highest BCUT2D eigenvalue weighted by atomic mass is 16.3. The first kappa shape index (κ1) is 16.1. The molecule has 0 spiro atoms. The predicted octanol–water partition coefficient (Wildman–Crippen LogP) is 3.17. The summed E-state index contributed by atoms with van der Waals surface area (Å²) in [6.45, 7) is 9.29. The molecule has 2 N–H and O–H groups in total. The maximum Gasteiger partial charge on any atom is 0.0692 e. The molecule has 0 amide bonds. The number of pyridine rings is 1. The Morgan fingerprint density at radius 1 is 1.26 bits per heavy atom. The number of aliphatic hydroxyl groups is 1. The Labute approximate surface area is 117 Å². The normalized spacial score (nSPS) is 14.9. The average Bonchev–Trinajstić information content (AvgIpc) is 2.41. The molecule has 1 heterocycles. The highest BCUT2D eigenvalue weighted by Crippen LogP contribution is 2.21. The quantitative estimate of drug-likeness (QED) is 0.758. The monoisotopic (exact) mass is 264 g/mol. The number of hydrogen-bond donors (Lipinski definition) is 2. The molecular formula is C16H28N2O. The number of aliphatic hydroxyl groups excluding tert-OH is 1. The number of nitrogens with one attached hydrogen (secondary N) is 1. The van der Waals surface area contributed by atoms with Crippen LogP contribution in [0.5, 0.6) is 0 Å². The van der Waals surface area contributed by atoms with Crippen LogP contribution in [-0.2, 0) is 0 Å². The second-order valence-electron chi connectivity index (χ2n) is 5.56. The van der Waals surface area contributed by atoms with E-state index in [9.17, 15) is 5.11 Å². The van der Waals surface area contributed by atoms with E-state index in [-0.39, 0.29) is 12.1 Å². The number of hydrogen-bond acceptors (Lipinski definition) is 3. The lowest BCUT2D eigenvalue weighted by molar-refractivity contribution is 0.0961. The molecule has 1 aromatic heterocycles. The highest BCUT2D eigenvalue weighted by Gasteiger charge is 2.20. The fourth-order valence-electron chi connectivity index (χ4n) is 2.55. The molecule has 0 aliphatic carbocycles. The van der Waals surface area contributed by atoms with Crippen molar-refractivity contribution in [1.82, 2.24) is 10.3 Å². The van der Waals surface area contributed by atoms with Crippen molar-refractivity contribution in [2.24, 2.45) is 11.8 Å². The van der Waals surface area contributed by atoms with Gasteiger partial charge >= 0.3 is 0 Å². The van der Waals surface area contributed by atoms with Gasteiger partial charge in [0.1, 0.15) is 0 Å². The van der Waals surface area contributed by atoms with Crippen LogP contribution in [0.2, 0.25) is 0 Å². The van der Waals surface area contributed by atoms with Crippen molar-refractivity contribution < 1.29 is 5.11 Å². The topological polar surface area (TPSA) is 45.1 Å². The maximum absolute atomic E-state index is 10.2. The largest absolute Gasteiger partial charge is 0.392 e. The Morgan fingerprint density at radius 2 is 1.95 bits per heavy atom. The van der Waals surface area contributed by atoms with Gasteiger partial charge in [0.05, 0.1) is 6.10 Å². The van der Waals surface area contributed by atoms with Crippen molar-refractivity contribution in [2.45, 2.75) is 52.7 Å². The SMILES string of the molecule is CCC(CC)C(O)CNC(c1cccnc1)C(C)C. The van der Waals surface area contributed by atoms with Crippen LogP contribution in [0.4, 0.5) is 0 Å². The van der Waals surface area contributed by atoms with Crippen LogP contribution in [0.25, 0.3) is 0 Å². The van der Waals surface area contributed by atoms with Crippen LogP contribution in [0, 0.1) is 11.8 Å². The summed E-state index contributed by atoms with van der Waals surface area (Å²) < 4.78 is 0. The molecule has 1 rings (SSSR count). The maximum atomic E-state index is 10.2. The smallest absolute Gasteiger partial charge is 0.0692 e. The molecule has 0 aliphatic rings. The Hall–Kier alpha value is -0.930. The second-order valence-corrected chi connectivity index (χ2v) is 5.56. The van der Waals surface area contributed by atoms with Crippen molar-refractivity contribution in [3.05, 3.63) is 30.1 Å². The average molecular weight is 264 g/mol. The fraction of sp³-hybridized carbons (Fsp3) is 0.688. The van der Waals surface area contributed by atoms with Gasteiger partial charge in [-0.15, -0.1) is 0 Å². The Balaban J connectivity index is 2.61. The summed E-state index contributed by atoms with van der Waals surface area (Å²) in [5, 5.41) is 13.7. The number of rotatable bonds is 8. The van der Waals surface area contributed by atoms with Gasteiger partial charge in [-0.05, 0) is 23.5 Å². The molecule has 2 unspecified atom stereocenters. The van der Waals surface area contributed by atoms with Crippen molar-refractivity contribution >= 4 is 0 Å². The van der Waals surface area contributed by atoms with E-state index >= 15 is 0 Å². The lowest BCUT2D eigenvalue weighted by atomic mass is 9.94. The van der Waals surface area contributed by atoms with Crippen LogP contribution >= 0.6 is 0 Å². The van der Waals surface area contributed by atoms with E-state index < -0.39 is 0 Å². The molecule has 108 valence electrons. The lowest BCUT2D eigenvalue weighted by Crippen LogP contribution is -2.36. The number of nitrogens with zero attached hydrogens (tertiary/aromatic N) is 1. The van der Waals surface area contributed by atoms with Crippen LogP contribution in [0.3, 0.4) is 0 Å². The van der Waals surface area contributed by atoms with E-state index in [1.807, 2.05) is 12.3 Å². The Morgan fingerprint density at radius 3 is 2.42 bits per heavy atom. The molecule has 2 atom stereocenters. The predicted molar refractivity (Wildman–Crippen MR) is 79.9 cm³/mol. The van der Waals surface area contributed by atoms with Gasteiger partial charge in [-0.3, -0.25) is 4.98 Å². The van der Waals surface area contributed by atoms with Gasteiger partial charge < -0.3 is 10.4 Å².